The molecular formula is C17H17NO3. The summed E-state index contributed by atoms with van der Waals surface area (Å²) in [5.74, 6) is -1.16. The number of carboxylic acid groups (broad SMARTS) is 1. The lowest BCUT2D eigenvalue weighted by molar-refractivity contribution is -0.141. The van der Waals surface area contributed by atoms with Gasteiger partial charge in [-0.25, -0.2) is 4.79 Å². The van der Waals surface area contributed by atoms with Crippen molar-refractivity contribution in [1.29, 1.82) is 0 Å². The first-order chi connectivity index (χ1) is 10.1. The molecule has 1 aliphatic carbocycles. The van der Waals surface area contributed by atoms with Gasteiger partial charge in [0.1, 0.15) is 6.04 Å². The van der Waals surface area contributed by atoms with Crippen molar-refractivity contribution in [3.8, 4) is 0 Å². The van der Waals surface area contributed by atoms with Crippen LogP contribution in [0.3, 0.4) is 0 Å². The van der Waals surface area contributed by atoms with E-state index in [-0.39, 0.29) is 11.9 Å². The Bertz CT molecular complexity index is 706. The van der Waals surface area contributed by atoms with Crippen molar-refractivity contribution in [3.05, 3.63) is 48.0 Å². The smallest absolute Gasteiger partial charge is 0.326 e. The third-order valence-corrected chi connectivity index (χ3v) is 3.95. The number of hydrogen-bond donors (Lipinski definition) is 1. The van der Waals surface area contributed by atoms with Crippen LogP contribution in [0.5, 0.6) is 0 Å². The van der Waals surface area contributed by atoms with Crippen molar-refractivity contribution >= 4 is 22.6 Å². The second-order valence-corrected chi connectivity index (χ2v) is 5.52. The van der Waals surface area contributed by atoms with Crippen molar-refractivity contribution in [2.75, 3.05) is 0 Å². The molecule has 0 spiro atoms. The Morgan fingerprint density at radius 3 is 2.43 bits per heavy atom. The Hall–Kier alpha value is -2.36. The second kappa shape index (κ2) is 5.20. The Labute approximate surface area is 123 Å². The first-order valence-electron chi connectivity index (χ1n) is 7.12. The van der Waals surface area contributed by atoms with Crippen molar-refractivity contribution in [2.45, 2.75) is 31.8 Å². The first-order valence-corrected chi connectivity index (χ1v) is 7.12. The molecule has 4 heteroatoms. The zero-order valence-corrected chi connectivity index (χ0v) is 11.8. The van der Waals surface area contributed by atoms with Crippen LogP contribution in [0, 0.1) is 0 Å². The van der Waals surface area contributed by atoms with E-state index in [9.17, 15) is 14.7 Å². The van der Waals surface area contributed by atoms with Gasteiger partial charge in [0.15, 0.2) is 0 Å². The summed E-state index contributed by atoms with van der Waals surface area (Å²) in [6.45, 7) is 1.57. The van der Waals surface area contributed by atoms with Crippen molar-refractivity contribution in [1.82, 2.24) is 4.90 Å². The van der Waals surface area contributed by atoms with Crippen molar-refractivity contribution < 1.29 is 14.7 Å². The van der Waals surface area contributed by atoms with Crippen LogP contribution in [0.4, 0.5) is 0 Å². The molecule has 1 fully saturated rings. The largest absolute Gasteiger partial charge is 0.480 e. The number of nitrogens with zero attached hydrogens (tertiary/aromatic N) is 1. The number of carbonyl (C=O) groups is 2. The monoisotopic (exact) mass is 283 g/mol. The van der Waals surface area contributed by atoms with Crippen LogP contribution in [-0.2, 0) is 4.79 Å². The summed E-state index contributed by atoms with van der Waals surface area (Å²) in [6.07, 6.45) is 1.77. The molecule has 0 heterocycles. The highest BCUT2D eigenvalue weighted by Gasteiger charge is 2.38. The molecule has 1 unspecified atom stereocenters. The van der Waals surface area contributed by atoms with Gasteiger partial charge in [-0.05, 0) is 42.7 Å². The molecule has 21 heavy (non-hydrogen) atoms. The molecule has 0 aliphatic heterocycles. The van der Waals surface area contributed by atoms with E-state index in [2.05, 4.69) is 0 Å². The minimum Gasteiger partial charge on any atom is -0.480 e. The maximum Gasteiger partial charge on any atom is 0.326 e. The number of carboxylic acids is 1. The summed E-state index contributed by atoms with van der Waals surface area (Å²) < 4.78 is 0. The van der Waals surface area contributed by atoms with Crippen molar-refractivity contribution in [3.63, 3.8) is 0 Å². The van der Waals surface area contributed by atoms with Gasteiger partial charge in [0.2, 0.25) is 0 Å². The average Bonchev–Trinajstić information content (AvgIpc) is 3.31. The first kappa shape index (κ1) is 13.6. The third-order valence-electron chi connectivity index (χ3n) is 3.95. The van der Waals surface area contributed by atoms with Crippen LogP contribution in [0.25, 0.3) is 10.8 Å². The van der Waals surface area contributed by atoms with E-state index in [1.807, 2.05) is 36.4 Å². The molecule has 2 aromatic rings. The molecule has 1 saturated carbocycles. The second-order valence-electron chi connectivity index (χ2n) is 5.52. The van der Waals surface area contributed by atoms with Gasteiger partial charge in [-0.3, -0.25) is 4.79 Å². The Kier molecular flexibility index (Phi) is 3.37. The fraction of sp³-hybridized carbons (Fsp3) is 0.294. The van der Waals surface area contributed by atoms with E-state index in [0.29, 0.717) is 5.56 Å². The minimum absolute atomic E-state index is 0.0649. The minimum atomic E-state index is -0.962. The van der Waals surface area contributed by atoms with Gasteiger partial charge in [0, 0.05) is 11.6 Å². The number of hydrogen-bond acceptors (Lipinski definition) is 2. The van der Waals surface area contributed by atoms with E-state index >= 15 is 0 Å². The molecule has 0 bridgehead atoms. The topological polar surface area (TPSA) is 57.6 Å². The summed E-state index contributed by atoms with van der Waals surface area (Å²) in [4.78, 5) is 25.4. The van der Waals surface area contributed by atoms with Gasteiger partial charge in [0.05, 0.1) is 0 Å². The standard InChI is InChI=1S/C17H17NO3/c1-11(17(20)21)18(15-8-9-15)16(19)14-7-6-12-4-2-3-5-13(12)10-14/h2-7,10-11,15H,8-9H2,1H3,(H,20,21). The Balaban J connectivity index is 1.95. The quantitative estimate of drug-likeness (QED) is 0.938. The van der Waals surface area contributed by atoms with Gasteiger partial charge in [-0.1, -0.05) is 30.3 Å². The number of rotatable bonds is 4. The summed E-state index contributed by atoms with van der Waals surface area (Å²) in [5, 5.41) is 11.3. The van der Waals surface area contributed by atoms with Crippen molar-refractivity contribution in [2.24, 2.45) is 0 Å². The molecule has 2 aromatic carbocycles. The molecule has 108 valence electrons. The summed E-state index contributed by atoms with van der Waals surface area (Å²) in [5.41, 5.74) is 0.550. The molecule has 1 atom stereocenters. The predicted octanol–water partition coefficient (Wildman–Crippen LogP) is 2.92. The lowest BCUT2D eigenvalue weighted by atomic mass is 10.1. The van der Waals surface area contributed by atoms with Gasteiger partial charge in [0.25, 0.3) is 5.91 Å². The van der Waals surface area contributed by atoms with Gasteiger partial charge < -0.3 is 10.0 Å². The highest BCUT2D eigenvalue weighted by Crippen LogP contribution is 2.30. The van der Waals surface area contributed by atoms with Crippen LogP contribution in [0.15, 0.2) is 42.5 Å². The molecule has 0 aromatic heterocycles. The van der Waals surface area contributed by atoms with E-state index < -0.39 is 12.0 Å². The molecule has 0 radical (unpaired) electrons. The lowest BCUT2D eigenvalue weighted by Crippen LogP contribution is -2.44. The summed E-state index contributed by atoms with van der Waals surface area (Å²) in [6, 6.07) is 12.6. The van der Waals surface area contributed by atoms with Gasteiger partial charge >= 0.3 is 5.97 Å². The molecule has 1 aliphatic rings. The highest BCUT2D eigenvalue weighted by atomic mass is 16.4. The van der Waals surface area contributed by atoms with Crippen LogP contribution in [-0.4, -0.2) is 34.0 Å². The highest BCUT2D eigenvalue weighted by molar-refractivity contribution is 6.00. The fourth-order valence-electron chi connectivity index (χ4n) is 2.60. The van der Waals surface area contributed by atoms with Crippen LogP contribution >= 0.6 is 0 Å². The van der Waals surface area contributed by atoms with Crippen LogP contribution < -0.4 is 0 Å². The number of carbonyl (C=O) groups excluding carboxylic acids is 1. The molecule has 4 nitrogen and oxygen atoms in total. The van der Waals surface area contributed by atoms with Gasteiger partial charge in [-0.15, -0.1) is 0 Å². The zero-order chi connectivity index (χ0) is 15.0. The van der Waals surface area contributed by atoms with Crippen LogP contribution in [0.2, 0.25) is 0 Å². The maximum absolute atomic E-state index is 12.7. The van der Waals surface area contributed by atoms with E-state index in [1.54, 1.807) is 13.0 Å². The molecule has 1 N–H and O–H groups in total. The number of aliphatic carboxylic acids is 1. The SMILES string of the molecule is CC(C(=O)O)N(C(=O)c1ccc2ccccc2c1)C1CC1. The van der Waals surface area contributed by atoms with Gasteiger partial charge in [-0.2, -0.15) is 0 Å². The zero-order valence-electron chi connectivity index (χ0n) is 11.8. The Morgan fingerprint density at radius 1 is 1.14 bits per heavy atom. The Morgan fingerprint density at radius 2 is 1.81 bits per heavy atom. The molecule has 1 amide bonds. The molecule has 0 saturated heterocycles. The van der Waals surface area contributed by atoms with E-state index in [0.717, 1.165) is 23.6 Å². The number of benzene rings is 2. The van der Waals surface area contributed by atoms with E-state index in [1.165, 1.54) is 4.90 Å². The molecule has 3 rings (SSSR count). The normalized spacial score (nSPS) is 15.7. The number of amides is 1. The van der Waals surface area contributed by atoms with E-state index in [4.69, 9.17) is 0 Å². The summed E-state index contributed by atoms with van der Waals surface area (Å²) in [7, 11) is 0. The third kappa shape index (κ3) is 2.61. The number of fused-ring (bicyclic) bond motifs is 1. The average molecular weight is 283 g/mol. The fourth-order valence-corrected chi connectivity index (χ4v) is 2.60. The summed E-state index contributed by atoms with van der Waals surface area (Å²) >= 11 is 0. The molecular weight excluding hydrogens is 266 g/mol. The van der Waals surface area contributed by atoms with Crippen LogP contribution in [0.1, 0.15) is 30.1 Å². The predicted molar refractivity (Wildman–Crippen MR) is 80.2 cm³/mol. The maximum atomic E-state index is 12.7. The lowest BCUT2D eigenvalue weighted by Gasteiger charge is -2.26.